The van der Waals surface area contributed by atoms with Crippen molar-refractivity contribution in [2.45, 2.75) is 26.3 Å². The fourth-order valence-corrected chi connectivity index (χ4v) is 1.80. The number of hydrogen-bond acceptors (Lipinski definition) is 6. The van der Waals surface area contributed by atoms with Crippen molar-refractivity contribution >= 4 is 17.3 Å². The van der Waals surface area contributed by atoms with Crippen molar-refractivity contribution < 1.29 is 9.72 Å². The van der Waals surface area contributed by atoms with Gasteiger partial charge in [-0.05, 0) is 17.7 Å². The molecule has 0 aliphatic heterocycles. The fourth-order valence-electron chi connectivity index (χ4n) is 1.80. The largest absolute Gasteiger partial charge is 0.326 e. The lowest BCUT2D eigenvalue weighted by atomic mass is 10.1. The maximum Gasteiger partial charge on any atom is 0.269 e. The number of nitrogens with zero attached hydrogens (tertiary/aromatic N) is 5. The Balaban J connectivity index is 2.29. The van der Waals surface area contributed by atoms with Crippen LogP contribution in [0.5, 0.6) is 0 Å². The van der Waals surface area contributed by atoms with Crippen LogP contribution in [0.25, 0.3) is 0 Å². The van der Waals surface area contributed by atoms with Crippen LogP contribution >= 0.6 is 0 Å². The highest BCUT2D eigenvalue weighted by atomic mass is 16.6. The Morgan fingerprint density at radius 3 is 2.90 bits per heavy atom. The number of nitrogens with one attached hydrogen (secondary N) is 1. The van der Waals surface area contributed by atoms with E-state index in [0.717, 1.165) is 6.42 Å². The number of tetrazole rings is 1. The number of nitro benzene ring substituents is 1. The molecule has 0 saturated heterocycles. The van der Waals surface area contributed by atoms with E-state index in [1.807, 2.05) is 6.92 Å². The van der Waals surface area contributed by atoms with E-state index in [1.165, 1.54) is 29.3 Å². The van der Waals surface area contributed by atoms with E-state index >= 15 is 0 Å². The number of hydrogen-bond donors (Lipinski definition) is 1. The molecule has 0 aliphatic carbocycles. The third-order valence-electron chi connectivity index (χ3n) is 2.75. The van der Waals surface area contributed by atoms with Crippen LogP contribution in [0.15, 0.2) is 24.5 Å². The van der Waals surface area contributed by atoms with Gasteiger partial charge >= 0.3 is 0 Å². The van der Waals surface area contributed by atoms with Crippen molar-refractivity contribution in [2.24, 2.45) is 0 Å². The van der Waals surface area contributed by atoms with Gasteiger partial charge in [0, 0.05) is 29.8 Å². The summed E-state index contributed by atoms with van der Waals surface area (Å²) in [5.41, 5.74) is 1.00. The Morgan fingerprint density at radius 1 is 1.48 bits per heavy atom. The third kappa shape index (κ3) is 3.81. The Labute approximate surface area is 120 Å². The molecule has 1 heterocycles. The van der Waals surface area contributed by atoms with E-state index in [1.54, 1.807) is 0 Å². The molecule has 0 radical (unpaired) electrons. The Hall–Kier alpha value is -2.84. The monoisotopic (exact) mass is 290 g/mol. The van der Waals surface area contributed by atoms with Gasteiger partial charge in [-0.3, -0.25) is 14.9 Å². The number of nitro groups is 1. The Kier molecular flexibility index (Phi) is 4.54. The molecule has 110 valence electrons. The summed E-state index contributed by atoms with van der Waals surface area (Å²) in [5.74, 6) is -0.140. The molecule has 0 aliphatic rings. The minimum atomic E-state index is -0.490. The molecule has 0 saturated carbocycles. The first-order valence-electron chi connectivity index (χ1n) is 6.38. The quantitative estimate of drug-likeness (QED) is 0.634. The van der Waals surface area contributed by atoms with Gasteiger partial charge in [0.15, 0.2) is 6.33 Å². The summed E-state index contributed by atoms with van der Waals surface area (Å²) in [6.45, 7) is 2.08. The molecule has 0 atom stereocenters. The van der Waals surface area contributed by atoms with Crippen molar-refractivity contribution in [3.8, 4) is 0 Å². The summed E-state index contributed by atoms with van der Waals surface area (Å²) >= 11 is 0. The van der Waals surface area contributed by atoms with Gasteiger partial charge in [-0.2, -0.15) is 4.80 Å². The van der Waals surface area contributed by atoms with Gasteiger partial charge in [0.2, 0.25) is 5.91 Å². The van der Waals surface area contributed by atoms with Crippen molar-refractivity contribution in [1.82, 2.24) is 20.2 Å². The van der Waals surface area contributed by atoms with E-state index in [0.29, 0.717) is 17.7 Å². The SMILES string of the molecule is CCCC(=O)Nc1ccc([N+](=O)[O-])cc1Cn1ncnn1. The molecule has 2 aromatic rings. The minimum Gasteiger partial charge on any atom is -0.326 e. The number of anilines is 1. The van der Waals surface area contributed by atoms with Gasteiger partial charge in [-0.25, -0.2) is 0 Å². The number of non-ortho nitro benzene ring substituents is 1. The van der Waals surface area contributed by atoms with Gasteiger partial charge in [-0.1, -0.05) is 6.92 Å². The number of rotatable bonds is 6. The topological polar surface area (TPSA) is 116 Å². The van der Waals surface area contributed by atoms with Crippen molar-refractivity contribution in [2.75, 3.05) is 5.32 Å². The Morgan fingerprint density at radius 2 is 2.29 bits per heavy atom. The number of benzene rings is 1. The first-order chi connectivity index (χ1) is 10.1. The van der Waals surface area contributed by atoms with Crippen LogP contribution in [0.3, 0.4) is 0 Å². The maximum absolute atomic E-state index is 11.7. The second kappa shape index (κ2) is 6.55. The zero-order valence-corrected chi connectivity index (χ0v) is 11.4. The summed E-state index contributed by atoms with van der Waals surface area (Å²) < 4.78 is 0. The molecule has 0 unspecified atom stereocenters. The highest BCUT2D eigenvalue weighted by molar-refractivity contribution is 5.91. The van der Waals surface area contributed by atoms with Crippen LogP contribution in [-0.2, 0) is 11.3 Å². The average molecular weight is 290 g/mol. The normalized spacial score (nSPS) is 10.3. The molecule has 9 heteroatoms. The van der Waals surface area contributed by atoms with Crippen LogP contribution < -0.4 is 5.32 Å². The molecule has 1 aromatic heterocycles. The molecule has 1 aromatic carbocycles. The van der Waals surface area contributed by atoms with Crippen molar-refractivity contribution in [3.05, 3.63) is 40.2 Å². The number of carbonyl (C=O) groups is 1. The van der Waals surface area contributed by atoms with E-state index in [9.17, 15) is 14.9 Å². The predicted molar refractivity (Wildman–Crippen MR) is 73.6 cm³/mol. The Bertz CT molecular complexity index is 640. The lowest BCUT2D eigenvalue weighted by Gasteiger charge is -2.10. The van der Waals surface area contributed by atoms with Gasteiger partial charge < -0.3 is 5.32 Å². The first-order valence-corrected chi connectivity index (χ1v) is 6.38. The zero-order valence-electron chi connectivity index (χ0n) is 11.4. The highest BCUT2D eigenvalue weighted by Gasteiger charge is 2.13. The van der Waals surface area contributed by atoms with E-state index in [2.05, 4.69) is 20.7 Å². The van der Waals surface area contributed by atoms with E-state index < -0.39 is 4.92 Å². The van der Waals surface area contributed by atoms with E-state index in [-0.39, 0.29) is 18.1 Å². The molecule has 0 bridgehead atoms. The number of carbonyl (C=O) groups excluding carboxylic acids is 1. The summed E-state index contributed by atoms with van der Waals surface area (Å²) in [6, 6.07) is 4.25. The molecule has 9 nitrogen and oxygen atoms in total. The number of amides is 1. The molecule has 1 amide bonds. The average Bonchev–Trinajstić information content (AvgIpc) is 2.93. The van der Waals surface area contributed by atoms with Gasteiger partial charge in [0.05, 0.1) is 11.5 Å². The van der Waals surface area contributed by atoms with Crippen LogP contribution in [0, 0.1) is 10.1 Å². The lowest BCUT2D eigenvalue weighted by molar-refractivity contribution is -0.384. The van der Waals surface area contributed by atoms with Crippen molar-refractivity contribution in [1.29, 1.82) is 0 Å². The standard InChI is InChI=1S/C12H14N6O3/c1-2-3-12(19)15-11-5-4-10(18(20)21)6-9(11)7-17-14-8-13-16-17/h4-6,8H,2-3,7H2,1H3,(H,15,19). The highest BCUT2D eigenvalue weighted by Crippen LogP contribution is 2.23. The summed E-state index contributed by atoms with van der Waals surface area (Å²) in [7, 11) is 0. The van der Waals surface area contributed by atoms with Crippen LogP contribution in [0.1, 0.15) is 25.3 Å². The minimum absolute atomic E-state index is 0.0568. The van der Waals surface area contributed by atoms with Crippen LogP contribution in [-0.4, -0.2) is 31.0 Å². The van der Waals surface area contributed by atoms with Gasteiger partial charge in [-0.15, -0.1) is 10.2 Å². The second-order valence-corrected chi connectivity index (χ2v) is 4.36. The molecule has 1 N–H and O–H groups in total. The van der Waals surface area contributed by atoms with Crippen molar-refractivity contribution in [3.63, 3.8) is 0 Å². The molecule has 0 spiro atoms. The second-order valence-electron chi connectivity index (χ2n) is 4.36. The molecular weight excluding hydrogens is 276 g/mol. The smallest absolute Gasteiger partial charge is 0.269 e. The summed E-state index contributed by atoms with van der Waals surface area (Å²) in [4.78, 5) is 23.3. The van der Waals surface area contributed by atoms with Gasteiger partial charge in [0.1, 0.15) is 0 Å². The molecular formula is C12H14N6O3. The maximum atomic E-state index is 11.7. The third-order valence-corrected chi connectivity index (χ3v) is 2.75. The molecule has 21 heavy (non-hydrogen) atoms. The van der Waals surface area contributed by atoms with Gasteiger partial charge in [0.25, 0.3) is 5.69 Å². The zero-order chi connectivity index (χ0) is 15.2. The predicted octanol–water partition coefficient (Wildman–Crippen LogP) is 1.37. The molecule has 2 rings (SSSR count). The van der Waals surface area contributed by atoms with Crippen LogP contribution in [0.2, 0.25) is 0 Å². The van der Waals surface area contributed by atoms with E-state index in [4.69, 9.17) is 0 Å². The van der Waals surface area contributed by atoms with Crippen LogP contribution in [0.4, 0.5) is 11.4 Å². The summed E-state index contributed by atoms with van der Waals surface area (Å²) in [6.07, 6.45) is 2.38. The lowest BCUT2D eigenvalue weighted by Crippen LogP contribution is -2.14. The summed E-state index contributed by atoms with van der Waals surface area (Å²) in [5, 5.41) is 24.7. The fraction of sp³-hybridized carbons (Fsp3) is 0.333. The number of aromatic nitrogens is 4. The first kappa shape index (κ1) is 14.6. The molecule has 0 fully saturated rings.